The van der Waals surface area contributed by atoms with E-state index in [0.29, 0.717) is 5.57 Å². The van der Waals surface area contributed by atoms with Crippen molar-refractivity contribution in [2.45, 2.75) is 5.37 Å². The number of carboxylic acid groups (broad SMARTS) is 1. The van der Waals surface area contributed by atoms with E-state index >= 15 is 0 Å². The van der Waals surface area contributed by atoms with Crippen LogP contribution in [0.25, 0.3) is 6.08 Å². The van der Waals surface area contributed by atoms with Crippen molar-refractivity contribution in [1.29, 1.82) is 0 Å². The molecule has 18 heavy (non-hydrogen) atoms. The molecule has 0 aromatic heterocycles. The molecule has 0 spiro atoms. The van der Waals surface area contributed by atoms with Gasteiger partial charge in [0.05, 0.1) is 5.57 Å². The molecule has 2 aliphatic heterocycles. The highest BCUT2D eigenvalue weighted by Gasteiger charge is 2.49. The summed E-state index contributed by atoms with van der Waals surface area (Å²) in [6.07, 6.45) is 1.81. The van der Waals surface area contributed by atoms with Crippen molar-refractivity contribution in [3.8, 4) is 0 Å². The summed E-state index contributed by atoms with van der Waals surface area (Å²) in [7, 11) is 0. The SMILES string of the molecule is O=C(O)C1=CS[C@@H]2/C(=C\c3ccccc3)C(=O)N12. The summed E-state index contributed by atoms with van der Waals surface area (Å²) in [4.78, 5) is 24.1. The number of amides is 1. The van der Waals surface area contributed by atoms with Gasteiger partial charge >= 0.3 is 5.97 Å². The number of β-lactam (4-membered cyclic amide) rings is 1. The molecule has 4 nitrogen and oxygen atoms in total. The third kappa shape index (κ3) is 1.55. The van der Waals surface area contributed by atoms with Gasteiger partial charge in [-0.05, 0) is 11.6 Å². The number of benzene rings is 1. The zero-order chi connectivity index (χ0) is 12.7. The number of rotatable bonds is 2. The maximum Gasteiger partial charge on any atom is 0.353 e. The molecular weight excluding hydrogens is 250 g/mol. The van der Waals surface area contributed by atoms with E-state index in [1.54, 1.807) is 0 Å². The fourth-order valence-electron chi connectivity index (χ4n) is 2.00. The third-order valence-corrected chi connectivity index (χ3v) is 3.96. The van der Waals surface area contributed by atoms with Crippen LogP contribution in [0.2, 0.25) is 0 Å². The van der Waals surface area contributed by atoms with E-state index in [4.69, 9.17) is 5.11 Å². The summed E-state index contributed by atoms with van der Waals surface area (Å²) in [5.41, 5.74) is 1.67. The molecule has 1 aromatic carbocycles. The first-order valence-corrected chi connectivity index (χ1v) is 6.32. The molecule has 90 valence electrons. The number of carboxylic acids is 1. The number of hydrogen-bond donors (Lipinski definition) is 1. The molecule has 1 atom stereocenters. The second-order valence-corrected chi connectivity index (χ2v) is 4.94. The standard InChI is InChI=1S/C13H9NO3S/c15-11-9(6-8-4-2-1-3-5-8)12-14(11)10(7-18-12)13(16)17/h1-7,12H,(H,16,17)/b9-6-/t12-/m1/s1. The number of fused-ring (bicyclic) bond motifs is 1. The van der Waals surface area contributed by atoms with Crippen LogP contribution >= 0.6 is 11.8 Å². The molecule has 1 amide bonds. The van der Waals surface area contributed by atoms with Gasteiger partial charge in [0.25, 0.3) is 5.91 Å². The van der Waals surface area contributed by atoms with E-state index < -0.39 is 5.97 Å². The lowest BCUT2D eigenvalue weighted by molar-refractivity contribution is -0.141. The highest BCUT2D eigenvalue weighted by molar-refractivity contribution is 8.03. The Balaban J connectivity index is 1.87. The Kier molecular flexibility index (Phi) is 2.48. The Morgan fingerprint density at radius 3 is 2.72 bits per heavy atom. The molecule has 0 bridgehead atoms. The fraction of sp³-hybridized carbons (Fsp3) is 0.0769. The average molecular weight is 259 g/mol. The Labute approximate surface area is 108 Å². The van der Waals surface area contributed by atoms with Crippen molar-refractivity contribution in [2.75, 3.05) is 0 Å². The van der Waals surface area contributed by atoms with Gasteiger partial charge in [0.2, 0.25) is 0 Å². The largest absolute Gasteiger partial charge is 0.477 e. The Bertz CT molecular complexity index is 592. The molecule has 0 radical (unpaired) electrons. The molecule has 3 rings (SSSR count). The lowest BCUT2D eigenvalue weighted by Crippen LogP contribution is -2.51. The number of carbonyl (C=O) groups excluding carboxylic acids is 1. The van der Waals surface area contributed by atoms with Crippen LogP contribution in [0.4, 0.5) is 0 Å². The highest BCUT2D eigenvalue weighted by Crippen LogP contribution is 2.44. The summed E-state index contributed by atoms with van der Waals surface area (Å²) >= 11 is 1.35. The fourth-order valence-corrected chi connectivity index (χ4v) is 3.11. The molecular formula is C13H9NO3S. The Morgan fingerprint density at radius 1 is 1.33 bits per heavy atom. The molecule has 2 heterocycles. The van der Waals surface area contributed by atoms with Crippen LogP contribution in [-0.4, -0.2) is 27.3 Å². The molecule has 0 saturated carbocycles. The van der Waals surface area contributed by atoms with Crippen LogP contribution < -0.4 is 0 Å². The molecule has 1 saturated heterocycles. The zero-order valence-corrected chi connectivity index (χ0v) is 10.1. The number of carbonyl (C=O) groups is 2. The number of hydrogen-bond acceptors (Lipinski definition) is 3. The van der Waals surface area contributed by atoms with Crippen LogP contribution in [0.15, 0.2) is 47.0 Å². The summed E-state index contributed by atoms with van der Waals surface area (Å²) in [5.74, 6) is -1.28. The molecule has 1 N–H and O–H groups in total. The van der Waals surface area contributed by atoms with Crippen LogP contribution in [0, 0.1) is 0 Å². The molecule has 0 unspecified atom stereocenters. The maximum absolute atomic E-state index is 11.9. The predicted molar refractivity (Wildman–Crippen MR) is 68.4 cm³/mol. The maximum atomic E-state index is 11.9. The van der Waals surface area contributed by atoms with E-state index in [1.807, 2.05) is 36.4 Å². The minimum Gasteiger partial charge on any atom is -0.477 e. The van der Waals surface area contributed by atoms with Gasteiger partial charge in [-0.2, -0.15) is 0 Å². The van der Waals surface area contributed by atoms with Gasteiger partial charge in [-0.25, -0.2) is 4.79 Å². The summed E-state index contributed by atoms with van der Waals surface area (Å²) in [5, 5.41) is 10.3. The molecule has 5 heteroatoms. The second-order valence-electron chi connectivity index (χ2n) is 3.98. The number of nitrogens with zero attached hydrogens (tertiary/aromatic N) is 1. The monoisotopic (exact) mass is 259 g/mol. The van der Waals surface area contributed by atoms with E-state index in [0.717, 1.165) is 5.56 Å². The van der Waals surface area contributed by atoms with Crippen molar-refractivity contribution >= 4 is 29.7 Å². The lowest BCUT2D eigenvalue weighted by atomic mass is 10.0. The van der Waals surface area contributed by atoms with E-state index in [1.165, 1.54) is 22.1 Å². The first kappa shape index (κ1) is 11.1. The van der Waals surface area contributed by atoms with E-state index in [9.17, 15) is 9.59 Å². The van der Waals surface area contributed by atoms with Crippen molar-refractivity contribution in [2.24, 2.45) is 0 Å². The minimum atomic E-state index is -1.06. The van der Waals surface area contributed by atoms with Crippen molar-refractivity contribution in [3.05, 3.63) is 52.6 Å². The molecule has 2 aliphatic rings. The van der Waals surface area contributed by atoms with Crippen molar-refractivity contribution < 1.29 is 14.7 Å². The van der Waals surface area contributed by atoms with Crippen LogP contribution in [-0.2, 0) is 9.59 Å². The van der Waals surface area contributed by atoms with Gasteiger partial charge < -0.3 is 5.11 Å². The number of aliphatic carboxylic acids is 1. The summed E-state index contributed by atoms with van der Waals surface area (Å²) < 4.78 is 0. The average Bonchev–Trinajstić information content (AvgIpc) is 2.77. The molecule has 1 aromatic rings. The summed E-state index contributed by atoms with van der Waals surface area (Å²) in [6.45, 7) is 0. The Hall–Kier alpha value is -2.01. The van der Waals surface area contributed by atoms with Crippen LogP contribution in [0.5, 0.6) is 0 Å². The van der Waals surface area contributed by atoms with E-state index in [2.05, 4.69) is 0 Å². The molecule has 0 aliphatic carbocycles. The topological polar surface area (TPSA) is 57.6 Å². The van der Waals surface area contributed by atoms with Gasteiger partial charge in [0.1, 0.15) is 11.1 Å². The first-order chi connectivity index (χ1) is 8.68. The first-order valence-electron chi connectivity index (χ1n) is 5.37. The minimum absolute atomic E-state index is 0.0696. The van der Waals surface area contributed by atoms with Crippen LogP contribution in [0.3, 0.4) is 0 Å². The third-order valence-electron chi connectivity index (χ3n) is 2.88. The quantitative estimate of drug-likeness (QED) is 0.651. The van der Waals surface area contributed by atoms with Gasteiger partial charge in [-0.3, -0.25) is 9.69 Å². The smallest absolute Gasteiger partial charge is 0.353 e. The van der Waals surface area contributed by atoms with Gasteiger partial charge in [-0.1, -0.05) is 30.3 Å². The Morgan fingerprint density at radius 2 is 2.06 bits per heavy atom. The van der Waals surface area contributed by atoms with Gasteiger partial charge in [0, 0.05) is 5.41 Å². The van der Waals surface area contributed by atoms with Gasteiger partial charge in [0.15, 0.2) is 0 Å². The van der Waals surface area contributed by atoms with Crippen LogP contribution in [0.1, 0.15) is 5.56 Å². The van der Waals surface area contributed by atoms with Gasteiger partial charge in [-0.15, -0.1) is 11.8 Å². The zero-order valence-electron chi connectivity index (χ0n) is 9.24. The summed E-state index contributed by atoms with van der Waals surface area (Å²) in [6, 6.07) is 9.53. The lowest BCUT2D eigenvalue weighted by Gasteiger charge is -2.37. The second kappa shape index (κ2) is 4.03. The molecule has 1 fully saturated rings. The van der Waals surface area contributed by atoms with Crippen molar-refractivity contribution in [1.82, 2.24) is 4.90 Å². The van der Waals surface area contributed by atoms with Crippen molar-refractivity contribution in [3.63, 3.8) is 0 Å². The highest BCUT2D eigenvalue weighted by atomic mass is 32.2. The predicted octanol–water partition coefficient (Wildman–Crippen LogP) is 1.91. The number of thioether (sulfide) groups is 1. The normalized spacial score (nSPS) is 23.7. The van der Waals surface area contributed by atoms with E-state index in [-0.39, 0.29) is 17.0 Å².